The first kappa shape index (κ1) is 18.0. The van der Waals surface area contributed by atoms with E-state index in [1.165, 1.54) is 13.0 Å². The van der Waals surface area contributed by atoms with Crippen molar-refractivity contribution in [2.24, 2.45) is 0 Å². The monoisotopic (exact) mass is 452 g/mol. The smallest absolute Gasteiger partial charge is 0.264 e. The Labute approximate surface area is 153 Å². The van der Waals surface area contributed by atoms with Gasteiger partial charge in [-0.2, -0.15) is 5.10 Å². The number of Topliss-reactive ketones (excluding diaryl/α,β-unsaturated/α-hetero) is 1. The number of carbonyl (C=O) groups excluding carboxylic acids is 1. The molecule has 1 N–H and O–H groups in total. The maximum atomic E-state index is 10.7. The molecular formula is C14H10Br2N6O2. The maximum Gasteiger partial charge on any atom is 0.264 e. The molecule has 10 heteroatoms. The highest BCUT2D eigenvalue weighted by atomic mass is 79.9. The average Bonchev–Trinajstić information content (AvgIpc) is 2.57. The van der Waals surface area contributed by atoms with E-state index in [0.717, 1.165) is 8.95 Å². The molecule has 0 spiro atoms. The Morgan fingerprint density at radius 3 is 1.96 bits per heavy atom. The third-order valence-corrected chi connectivity index (χ3v) is 3.28. The predicted molar refractivity (Wildman–Crippen MR) is 93.3 cm³/mol. The summed E-state index contributed by atoms with van der Waals surface area (Å²) in [4.78, 5) is 37.0. The van der Waals surface area contributed by atoms with E-state index in [2.05, 4.69) is 62.0 Å². The van der Waals surface area contributed by atoms with Crippen LogP contribution >= 0.6 is 31.9 Å². The van der Waals surface area contributed by atoms with Gasteiger partial charge in [0.25, 0.3) is 5.56 Å². The molecule has 0 saturated carbocycles. The second kappa shape index (κ2) is 8.50. The van der Waals surface area contributed by atoms with Gasteiger partial charge in [-0.1, -0.05) is 0 Å². The van der Waals surface area contributed by atoms with Crippen molar-refractivity contribution in [3.05, 3.63) is 62.0 Å². The van der Waals surface area contributed by atoms with Gasteiger partial charge in [-0.15, -0.1) is 0 Å². The van der Waals surface area contributed by atoms with Crippen molar-refractivity contribution < 1.29 is 4.79 Å². The van der Waals surface area contributed by atoms with Crippen LogP contribution in [0.25, 0.3) is 11.5 Å². The lowest BCUT2D eigenvalue weighted by Crippen LogP contribution is -2.06. The summed E-state index contributed by atoms with van der Waals surface area (Å²) in [6.07, 6.45) is 6.33. The lowest BCUT2D eigenvalue weighted by Gasteiger charge is -1.96. The highest BCUT2D eigenvalue weighted by Crippen LogP contribution is 2.11. The molecule has 3 rings (SSSR count). The van der Waals surface area contributed by atoms with E-state index in [9.17, 15) is 9.59 Å². The van der Waals surface area contributed by atoms with E-state index in [1.54, 1.807) is 30.9 Å². The Hall–Kier alpha value is -2.33. The lowest BCUT2D eigenvalue weighted by atomic mass is 10.3. The van der Waals surface area contributed by atoms with Gasteiger partial charge in [0.15, 0.2) is 17.4 Å². The SMILES string of the molecule is CC(=O)c1ncc(Br)cn1.O=c1ccc(-c2ncc(Br)cn2)n[nH]1. The molecular weight excluding hydrogens is 444 g/mol. The number of halogens is 2. The lowest BCUT2D eigenvalue weighted by molar-refractivity contribution is 0.100. The number of hydrogen-bond acceptors (Lipinski definition) is 7. The quantitative estimate of drug-likeness (QED) is 0.592. The number of rotatable bonds is 2. The Morgan fingerprint density at radius 2 is 1.50 bits per heavy atom. The third kappa shape index (κ3) is 5.39. The summed E-state index contributed by atoms with van der Waals surface area (Å²) in [5.74, 6) is 0.611. The van der Waals surface area contributed by atoms with Gasteiger partial charge < -0.3 is 0 Å². The molecule has 0 unspecified atom stereocenters. The molecule has 0 aliphatic carbocycles. The molecule has 0 atom stereocenters. The van der Waals surface area contributed by atoms with Crippen LogP contribution in [0, 0.1) is 0 Å². The van der Waals surface area contributed by atoms with Gasteiger partial charge in [0.2, 0.25) is 0 Å². The van der Waals surface area contributed by atoms with Crippen molar-refractivity contribution in [3.8, 4) is 11.5 Å². The van der Waals surface area contributed by atoms with Crippen LogP contribution in [0.4, 0.5) is 0 Å². The van der Waals surface area contributed by atoms with Gasteiger partial charge in [-0.25, -0.2) is 25.0 Å². The van der Waals surface area contributed by atoms with E-state index in [1.807, 2.05) is 0 Å². The van der Waals surface area contributed by atoms with Crippen LogP contribution in [0.1, 0.15) is 17.5 Å². The molecule has 0 aliphatic rings. The van der Waals surface area contributed by atoms with E-state index in [-0.39, 0.29) is 17.2 Å². The molecule has 0 bridgehead atoms. The molecule has 0 fully saturated rings. The third-order valence-electron chi connectivity index (χ3n) is 2.46. The zero-order valence-electron chi connectivity index (χ0n) is 12.3. The topological polar surface area (TPSA) is 114 Å². The van der Waals surface area contributed by atoms with E-state index < -0.39 is 0 Å². The first-order chi connectivity index (χ1) is 11.5. The molecule has 0 saturated heterocycles. The standard InChI is InChI=1S/C8H5BrN4O.C6H5BrN2O/c9-5-3-10-8(11-4-5)6-1-2-7(14)13-12-6;1-4(10)6-8-2-5(7)3-9-6/h1-4H,(H,13,14);2-3H,1H3. The fourth-order valence-electron chi connectivity index (χ4n) is 1.41. The van der Waals surface area contributed by atoms with Crippen LogP contribution < -0.4 is 5.56 Å². The summed E-state index contributed by atoms with van der Waals surface area (Å²) in [6, 6.07) is 2.95. The molecule has 122 valence electrons. The molecule has 0 aliphatic heterocycles. The number of nitrogens with one attached hydrogen (secondary N) is 1. The van der Waals surface area contributed by atoms with Gasteiger partial charge in [-0.05, 0) is 37.9 Å². The van der Waals surface area contributed by atoms with Crippen molar-refractivity contribution in [3.63, 3.8) is 0 Å². The van der Waals surface area contributed by atoms with Gasteiger partial charge in [0.1, 0.15) is 5.69 Å². The highest BCUT2D eigenvalue weighted by molar-refractivity contribution is 9.10. The van der Waals surface area contributed by atoms with Gasteiger partial charge >= 0.3 is 0 Å². The number of aromatic amines is 1. The van der Waals surface area contributed by atoms with E-state index in [0.29, 0.717) is 11.5 Å². The Morgan fingerprint density at radius 1 is 0.958 bits per heavy atom. The summed E-state index contributed by atoms with van der Waals surface area (Å²) in [6.45, 7) is 1.43. The number of aromatic nitrogens is 6. The predicted octanol–water partition coefficient (Wildman–Crippen LogP) is 2.43. The molecule has 3 heterocycles. The summed E-state index contributed by atoms with van der Waals surface area (Å²) < 4.78 is 1.57. The minimum absolute atomic E-state index is 0.118. The number of nitrogens with zero attached hydrogens (tertiary/aromatic N) is 5. The van der Waals surface area contributed by atoms with Crippen LogP contribution in [0.15, 0.2) is 50.7 Å². The van der Waals surface area contributed by atoms with Crippen molar-refractivity contribution in [1.82, 2.24) is 30.1 Å². The fraction of sp³-hybridized carbons (Fsp3) is 0.0714. The largest absolute Gasteiger partial charge is 0.291 e. The summed E-state index contributed by atoms with van der Waals surface area (Å²) in [7, 11) is 0. The highest BCUT2D eigenvalue weighted by Gasteiger charge is 2.01. The minimum atomic E-state index is -0.245. The zero-order chi connectivity index (χ0) is 17.5. The molecule has 0 radical (unpaired) electrons. The number of carbonyl (C=O) groups is 1. The van der Waals surface area contributed by atoms with Crippen molar-refractivity contribution in [1.29, 1.82) is 0 Å². The second-order valence-corrected chi connectivity index (χ2v) is 6.14. The maximum absolute atomic E-state index is 10.7. The van der Waals surface area contributed by atoms with E-state index >= 15 is 0 Å². The summed E-state index contributed by atoms with van der Waals surface area (Å²) >= 11 is 6.38. The number of H-pyrrole nitrogens is 1. The van der Waals surface area contributed by atoms with Gasteiger partial charge in [0, 0.05) is 37.8 Å². The molecule has 8 nitrogen and oxygen atoms in total. The molecule has 3 aromatic rings. The van der Waals surface area contributed by atoms with Crippen LogP contribution in [-0.4, -0.2) is 35.9 Å². The van der Waals surface area contributed by atoms with Crippen molar-refractivity contribution in [2.75, 3.05) is 0 Å². The Balaban J connectivity index is 0.000000185. The number of hydrogen-bond donors (Lipinski definition) is 1. The Bertz CT molecular complexity index is 861. The van der Waals surface area contributed by atoms with Crippen LogP contribution in [0.2, 0.25) is 0 Å². The second-order valence-electron chi connectivity index (χ2n) is 4.31. The van der Waals surface area contributed by atoms with E-state index in [4.69, 9.17) is 0 Å². The first-order valence-electron chi connectivity index (χ1n) is 6.48. The summed E-state index contributed by atoms with van der Waals surface area (Å²) in [5.41, 5.74) is 0.294. The van der Waals surface area contributed by atoms with Crippen LogP contribution in [-0.2, 0) is 0 Å². The zero-order valence-corrected chi connectivity index (χ0v) is 15.4. The first-order valence-corrected chi connectivity index (χ1v) is 8.06. The van der Waals surface area contributed by atoms with Crippen molar-refractivity contribution >= 4 is 37.6 Å². The van der Waals surface area contributed by atoms with Crippen molar-refractivity contribution in [2.45, 2.75) is 6.92 Å². The molecule has 24 heavy (non-hydrogen) atoms. The van der Waals surface area contributed by atoms with Crippen LogP contribution in [0.5, 0.6) is 0 Å². The van der Waals surface area contributed by atoms with Gasteiger partial charge in [-0.3, -0.25) is 9.59 Å². The molecule has 0 aromatic carbocycles. The van der Waals surface area contributed by atoms with Crippen LogP contribution in [0.3, 0.4) is 0 Å². The Kier molecular flexibility index (Phi) is 6.38. The normalized spacial score (nSPS) is 9.79. The fourth-order valence-corrected chi connectivity index (χ4v) is 1.82. The average molecular weight is 454 g/mol. The molecule has 3 aromatic heterocycles. The minimum Gasteiger partial charge on any atom is -0.291 e. The summed E-state index contributed by atoms with van der Waals surface area (Å²) in [5, 5.41) is 6.12. The number of ketones is 1. The molecule has 0 amide bonds. The van der Waals surface area contributed by atoms with Gasteiger partial charge in [0.05, 0.1) is 8.95 Å².